The molecule has 8 rings (SSSR count). The molecule has 0 saturated carbocycles. The third kappa shape index (κ3) is 8.54. The third-order valence-electron chi connectivity index (χ3n) is 9.87. The lowest BCUT2D eigenvalue weighted by atomic mass is 10.1. The van der Waals surface area contributed by atoms with E-state index in [9.17, 15) is 9.59 Å². The number of carbonyl (C=O) groups excluding carboxylic acids is 2. The molecule has 6 heterocycles. The number of amides is 2. The minimum absolute atomic E-state index is 0.0862. The van der Waals surface area contributed by atoms with Crippen LogP contribution in [0.5, 0.6) is 0 Å². The number of ether oxygens (including phenoxy) is 2. The predicted molar refractivity (Wildman–Crippen MR) is 195 cm³/mol. The summed E-state index contributed by atoms with van der Waals surface area (Å²) in [4.78, 5) is 38.8. The van der Waals surface area contributed by atoms with Crippen molar-refractivity contribution in [1.82, 2.24) is 30.4 Å². The molecule has 2 unspecified atom stereocenters. The fraction of sp³-hybridized carbons (Fsp3) is 0.474. The van der Waals surface area contributed by atoms with E-state index in [2.05, 4.69) is 16.0 Å². The van der Waals surface area contributed by atoms with Gasteiger partial charge in [-0.2, -0.15) is 0 Å². The molecule has 0 spiro atoms. The van der Waals surface area contributed by atoms with Crippen LogP contribution in [0.4, 0.5) is 9.59 Å². The molecule has 4 aliphatic heterocycles. The lowest BCUT2D eigenvalue weighted by Crippen LogP contribution is -2.32. The number of aromatic nitrogens is 2. The zero-order valence-corrected chi connectivity index (χ0v) is 30.0. The molecule has 0 aliphatic carbocycles. The van der Waals surface area contributed by atoms with Crippen LogP contribution in [-0.4, -0.2) is 58.1 Å². The Hall–Kier alpha value is -3.84. The van der Waals surface area contributed by atoms with Crippen LogP contribution in [0.3, 0.4) is 0 Å². The maximum absolute atomic E-state index is 12.8. The van der Waals surface area contributed by atoms with Crippen LogP contribution < -0.4 is 10.6 Å². The molecule has 2 amide bonds. The van der Waals surface area contributed by atoms with Gasteiger partial charge in [-0.3, -0.25) is 9.80 Å². The number of hydrogen-bond donors (Lipinski definition) is 2. The average molecular weight is 715 g/mol. The second-order valence-electron chi connectivity index (χ2n) is 13.3. The number of carbonyl (C=O) groups is 2. The molecule has 4 atom stereocenters. The van der Waals surface area contributed by atoms with E-state index < -0.39 is 0 Å². The van der Waals surface area contributed by atoms with Gasteiger partial charge in [0, 0.05) is 23.8 Å². The molecular formula is C38H46N6O4S2. The quantitative estimate of drug-likeness (QED) is 0.189. The Kier molecular flexibility index (Phi) is 11.7. The predicted octanol–water partition coefficient (Wildman–Crippen LogP) is 8.08. The molecule has 12 heteroatoms. The van der Waals surface area contributed by atoms with Gasteiger partial charge in [0.25, 0.3) is 0 Å². The molecule has 2 aromatic heterocycles. The molecule has 4 aliphatic rings. The first-order chi connectivity index (χ1) is 24.6. The van der Waals surface area contributed by atoms with Crippen molar-refractivity contribution in [3.63, 3.8) is 0 Å². The molecule has 0 bridgehead atoms. The van der Waals surface area contributed by atoms with E-state index in [0.29, 0.717) is 25.2 Å². The maximum atomic E-state index is 12.8. The molecule has 50 heavy (non-hydrogen) atoms. The second kappa shape index (κ2) is 16.9. The first-order valence-electron chi connectivity index (χ1n) is 17.9. The summed E-state index contributed by atoms with van der Waals surface area (Å²) in [5, 5.41) is 13.5. The van der Waals surface area contributed by atoms with Gasteiger partial charge in [0.05, 0.1) is 35.6 Å². The number of benzene rings is 2. The van der Waals surface area contributed by atoms with Crippen LogP contribution in [0, 0.1) is 0 Å². The lowest BCUT2D eigenvalue weighted by Gasteiger charge is -2.24. The van der Waals surface area contributed by atoms with Crippen LogP contribution in [0.2, 0.25) is 0 Å². The molecule has 264 valence electrons. The van der Waals surface area contributed by atoms with Crippen molar-refractivity contribution in [2.24, 2.45) is 0 Å². The Morgan fingerprint density at radius 1 is 0.640 bits per heavy atom. The van der Waals surface area contributed by atoms with Crippen LogP contribution in [0.25, 0.3) is 0 Å². The first-order valence-corrected chi connectivity index (χ1v) is 19.7. The van der Waals surface area contributed by atoms with Crippen LogP contribution >= 0.6 is 22.7 Å². The highest BCUT2D eigenvalue weighted by molar-refractivity contribution is 7.10. The average Bonchev–Trinajstić information content (AvgIpc) is 4.01. The lowest BCUT2D eigenvalue weighted by molar-refractivity contribution is 0.0912. The van der Waals surface area contributed by atoms with Gasteiger partial charge >= 0.3 is 12.2 Å². The Balaban J connectivity index is 0.000000216. The molecule has 4 fully saturated rings. The van der Waals surface area contributed by atoms with Crippen molar-refractivity contribution in [2.75, 3.05) is 26.2 Å². The van der Waals surface area contributed by atoms with E-state index in [-0.39, 0.29) is 37.5 Å². The summed E-state index contributed by atoms with van der Waals surface area (Å²) in [5.74, 6) is 0. The largest absolute Gasteiger partial charge is 0.445 e. The zero-order valence-electron chi connectivity index (χ0n) is 28.4. The van der Waals surface area contributed by atoms with Crippen molar-refractivity contribution >= 4 is 34.9 Å². The van der Waals surface area contributed by atoms with E-state index in [1.54, 1.807) is 21.1 Å². The van der Waals surface area contributed by atoms with Gasteiger partial charge in [-0.25, -0.2) is 19.6 Å². The molecule has 2 aromatic carbocycles. The summed E-state index contributed by atoms with van der Waals surface area (Å²) in [6.07, 6.45) is 8.03. The van der Waals surface area contributed by atoms with Crippen molar-refractivity contribution in [2.45, 2.75) is 88.7 Å². The summed E-state index contributed by atoms with van der Waals surface area (Å²) >= 11 is 3.37. The Labute approximate surface area is 302 Å². The standard InChI is InChI=1S/C27H29N3O4S.C11H17N3S/c31-26(33-17-20-9-3-1-4-10-20)29-15-7-13-23(29)22-19-35-25(28-22)24-14-8-16-30(24)27(32)34-18-21-11-5-2-6-12-21;1-3-8(12-5-1)10-7-15-11(14-10)9-4-2-6-13-9/h1-6,9-12,19,23-24H,7-8,13-18H2;7-9,12-13H,1-6H2/t23?,24-;8?,9-/m00/s1. The minimum Gasteiger partial charge on any atom is -0.445 e. The van der Waals surface area contributed by atoms with Gasteiger partial charge in [-0.05, 0) is 75.6 Å². The minimum atomic E-state index is -0.308. The van der Waals surface area contributed by atoms with Gasteiger partial charge < -0.3 is 20.1 Å². The van der Waals surface area contributed by atoms with E-state index in [1.165, 1.54) is 36.4 Å². The van der Waals surface area contributed by atoms with Crippen molar-refractivity contribution in [3.8, 4) is 0 Å². The van der Waals surface area contributed by atoms with Crippen LogP contribution in [0.1, 0.15) is 108 Å². The highest BCUT2D eigenvalue weighted by atomic mass is 32.1. The molecule has 2 N–H and O–H groups in total. The second-order valence-corrected chi connectivity index (χ2v) is 15.1. The SMILES string of the molecule is O=C(OCc1ccccc1)N1CCCC1c1csc([C@@H]2CCCN2C(=O)OCc2ccccc2)n1.c1sc([C@@H]2CCCN2)nc1C1CCCN1. The normalized spacial score (nSPS) is 23.1. The topological polar surface area (TPSA) is 109 Å². The molecule has 4 saturated heterocycles. The zero-order chi connectivity index (χ0) is 34.1. The van der Waals surface area contributed by atoms with Crippen molar-refractivity contribution in [1.29, 1.82) is 0 Å². The Bertz CT molecular complexity index is 1550. The maximum Gasteiger partial charge on any atom is 0.410 e. The van der Waals surface area contributed by atoms with Crippen LogP contribution in [-0.2, 0) is 22.7 Å². The van der Waals surface area contributed by atoms with Crippen molar-refractivity contribution < 1.29 is 19.1 Å². The van der Waals surface area contributed by atoms with Crippen molar-refractivity contribution in [3.05, 3.63) is 104 Å². The fourth-order valence-corrected chi connectivity index (χ4v) is 9.19. The summed E-state index contributed by atoms with van der Waals surface area (Å²) in [5.41, 5.74) is 4.08. The molecular weight excluding hydrogens is 669 g/mol. The Morgan fingerprint density at radius 2 is 1.16 bits per heavy atom. The molecule has 10 nitrogen and oxygen atoms in total. The smallest absolute Gasteiger partial charge is 0.410 e. The van der Waals surface area contributed by atoms with Gasteiger partial charge in [0.2, 0.25) is 0 Å². The summed E-state index contributed by atoms with van der Waals surface area (Å²) < 4.78 is 11.2. The monoisotopic (exact) mass is 714 g/mol. The van der Waals surface area contributed by atoms with Gasteiger partial charge in [-0.15, -0.1) is 22.7 Å². The van der Waals surface area contributed by atoms with Gasteiger partial charge in [0.1, 0.15) is 23.2 Å². The van der Waals surface area contributed by atoms with E-state index >= 15 is 0 Å². The van der Waals surface area contributed by atoms with E-state index in [4.69, 9.17) is 19.4 Å². The van der Waals surface area contributed by atoms with Crippen LogP contribution in [0.15, 0.2) is 71.4 Å². The van der Waals surface area contributed by atoms with E-state index in [1.807, 2.05) is 77.4 Å². The number of likely N-dealkylation sites (tertiary alicyclic amines) is 2. The number of thiazole rings is 2. The number of nitrogens with zero attached hydrogens (tertiary/aromatic N) is 4. The van der Waals surface area contributed by atoms with E-state index in [0.717, 1.165) is 60.6 Å². The molecule has 0 radical (unpaired) electrons. The van der Waals surface area contributed by atoms with Gasteiger partial charge in [-0.1, -0.05) is 60.7 Å². The highest BCUT2D eigenvalue weighted by Crippen LogP contribution is 2.38. The number of hydrogen-bond acceptors (Lipinski definition) is 10. The summed E-state index contributed by atoms with van der Waals surface area (Å²) in [6.45, 7) is 4.14. The fourth-order valence-electron chi connectivity index (χ4n) is 7.20. The third-order valence-corrected chi connectivity index (χ3v) is 11.8. The summed E-state index contributed by atoms with van der Waals surface area (Å²) in [6, 6.07) is 20.3. The first kappa shape index (κ1) is 34.6. The van der Waals surface area contributed by atoms with Gasteiger partial charge in [0.15, 0.2) is 0 Å². The number of rotatable bonds is 8. The number of nitrogens with one attached hydrogen (secondary N) is 2. The Morgan fingerprint density at radius 3 is 1.76 bits per heavy atom. The molecule has 4 aromatic rings. The highest BCUT2D eigenvalue weighted by Gasteiger charge is 2.36. The summed E-state index contributed by atoms with van der Waals surface area (Å²) in [7, 11) is 0.